The first kappa shape index (κ1) is 20.7. The van der Waals surface area contributed by atoms with Crippen molar-refractivity contribution in [1.82, 2.24) is 9.80 Å². The fourth-order valence-electron chi connectivity index (χ4n) is 2.92. The van der Waals surface area contributed by atoms with E-state index in [0.29, 0.717) is 6.54 Å². The molecule has 0 bridgehead atoms. The van der Waals surface area contributed by atoms with Gasteiger partial charge in [-0.15, -0.1) is 12.4 Å². The van der Waals surface area contributed by atoms with Gasteiger partial charge in [0, 0.05) is 12.6 Å². The van der Waals surface area contributed by atoms with Crippen LogP contribution in [0.2, 0.25) is 0 Å². The summed E-state index contributed by atoms with van der Waals surface area (Å²) in [5, 5.41) is 8.81. The van der Waals surface area contributed by atoms with Gasteiger partial charge in [-0.3, -0.25) is 14.6 Å². The first-order chi connectivity index (χ1) is 10.8. The van der Waals surface area contributed by atoms with E-state index in [1.807, 2.05) is 11.9 Å². The summed E-state index contributed by atoms with van der Waals surface area (Å²) in [5.74, 6) is -0.834. The van der Waals surface area contributed by atoms with Crippen LogP contribution in [0.3, 0.4) is 0 Å². The molecule has 0 amide bonds. The van der Waals surface area contributed by atoms with E-state index in [9.17, 15) is 18.0 Å². The van der Waals surface area contributed by atoms with Gasteiger partial charge in [0.1, 0.15) is 0 Å². The van der Waals surface area contributed by atoms with Crippen molar-refractivity contribution in [3.05, 3.63) is 35.4 Å². The molecule has 0 aliphatic carbocycles. The predicted molar refractivity (Wildman–Crippen MR) is 87.3 cm³/mol. The zero-order valence-corrected chi connectivity index (χ0v) is 14.2. The zero-order chi connectivity index (χ0) is 17.0. The standard InChI is InChI=1S/C16H21F3N2O2.ClH/c1-20(11-15(22)23)14-6-8-21(9-7-14)10-12-2-4-13(5-3-12)16(17,18)19;/h2-5,14H,6-11H2,1H3,(H,22,23);1H. The Hall–Kier alpha value is -1.31. The highest BCUT2D eigenvalue weighted by Crippen LogP contribution is 2.29. The van der Waals surface area contributed by atoms with Gasteiger partial charge in [-0.2, -0.15) is 13.2 Å². The van der Waals surface area contributed by atoms with Crippen molar-refractivity contribution < 1.29 is 23.1 Å². The average Bonchev–Trinajstić information content (AvgIpc) is 2.47. The fourth-order valence-corrected chi connectivity index (χ4v) is 2.92. The predicted octanol–water partition coefficient (Wildman–Crippen LogP) is 3.11. The molecule has 1 fully saturated rings. The number of piperidine rings is 1. The third-order valence-electron chi connectivity index (χ3n) is 4.25. The number of hydrogen-bond donors (Lipinski definition) is 1. The van der Waals surface area contributed by atoms with E-state index in [0.717, 1.165) is 43.6 Å². The Morgan fingerprint density at radius 1 is 1.25 bits per heavy atom. The van der Waals surface area contributed by atoms with Gasteiger partial charge in [0.2, 0.25) is 0 Å². The second-order valence-electron chi connectivity index (χ2n) is 6.01. The van der Waals surface area contributed by atoms with E-state index >= 15 is 0 Å². The summed E-state index contributed by atoms with van der Waals surface area (Å²) < 4.78 is 37.6. The minimum atomic E-state index is -4.30. The molecule has 1 saturated heterocycles. The fraction of sp³-hybridized carbons (Fsp3) is 0.562. The lowest BCUT2D eigenvalue weighted by Crippen LogP contribution is -2.44. The Bertz CT molecular complexity index is 529. The SMILES string of the molecule is CN(CC(=O)O)C1CCN(Cc2ccc(C(F)(F)F)cc2)CC1.Cl. The molecule has 4 nitrogen and oxygen atoms in total. The van der Waals surface area contributed by atoms with Crippen LogP contribution in [0.25, 0.3) is 0 Å². The molecule has 136 valence electrons. The van der Waals surface area contributed by atoms with Crippen molar-refractivity contribution in [2.24, 2.45) is 0 Å². The molecule has 1 heterocycles. The van der Waals surface area contributed by atoms with Crippen LogP contribution in [-0.2, 0) is 17.5 Å². The van der Waals surface area contributed by atoms with Crippen LogP contribution in [0.15, 0.2) is 24.3 Å². The molecule has 1 aliphatic heterocycles. The Kier molecular flexibility index (Phi) is 7.51. The summed E-state index contributed by atoms with van der Waals surface area (Å²) in [4.78, 5) is 14.8. The molecule has 1 aromatic carbocycles. The quantitative estimate of drug-likeness (QED) is 0.869. The van der Waals surface area contributed by atoms with Crippen LogP contribution in [-0.4, -0.2) is 53.6 Å². The van der Waals surface area contributed by atoms with Gasteiger partial charge < -0.3 is 5.11 Å². The summed E-state index contributed by atoms with van der Waals surface area (Å²) in [6.07, 6.45) is -2.57. The molecule has 1 aromatic rings. The maximum Gasteiger partial charge on any atom is 0.416 e. The molecule has 1 N–H and O–H groups in total. The number of nitrogens with zero attached hydrogens (tertiary/aromatic N) is 2. The second kappa shape index (κ2) is 8.69. The lowest BCUT2D eigenvalue weighted by molar-refractivity contribution is -0.139. The van der Waals surface area contributed by atoms with Crippen molar-refractivity contribution in [1.29, 1.82) is 0 Å². The number of carbonyl (C=O) groups is 1. The molecule has 1 aliphatic rings. The average molecular weight is 367 g/mol. The molecule has 0 saturated carbocycles. The molecule has 0 unspecified atom stereocenters. The smallest absolute Gasteiger partial charge is 0.416 e. The molecule has 0 spiro atoms. The van der Waals surface area contributed by atoms with Crippen molar-refractivity contribution in [3.63, 3.8) is 0 Å². The third kappa shape index (κ3) is 5.96. The molecule has 8 heteroatoms. The van der Waals surface area contributed by atoms with Gasteiger partial charge >= 0.3 is 12.1 Å². The summed E-state index contributed by atoms with van der Waals surface area (Å²) in [5.41, 5.74) is 0.227. The van der Waals surface area contributed by atoms with Gasteiger partial charge in [-0.1, -0.05) is 12.1 Å². The van der Waals surface area contributed by atoms with E-state index in [2.05, 4.69) is 4.90 Å². The van der Waals surface area contributed by atoms with Gasteiger partial charge in [0.15, 0.2) is 0 Å². The zero-order valence-electron chi connectivity index (χ0n) is 13.4. The Labute approximate surface area is 145 Å². The largest absolute Gasteiger partial charge is 0.480 e. The number of carboxylic acid groups (broad SMARTS) is 1. The van der Waals surface area contributed by atoms with Crippen LogP contribution >= 0.6 is 12.4 Å². The van der Waals surface area contributed by atoms with E-state index in [-0.39, 0.29) is 25.0 Å². The number of likely N-dealkylation sites (N-methyl/N-ethyl adjacent to an activating group) is 1. The minimum absolute atomic E-state index is 0. The Morgan fingerprint density at radius 2 is 1.79 bits per heavy atom. The van der Waals surface area contributed by atoms with Crippen LogP contribution in [0.4, 0.5) is 13.2 Å². The van der Waals surface area contributed by atoms with E-state index < -0.39 is 17.7 Å². The first-order valence-corrected chi connectivity index (χ1v) is 7.56. The number of carboxylic acids is 1. The summed E-state index contributed by atoms with van der Waals surface area (Å²) in [7, 11) is 1.81. The number of alkyl halides is 3. The summed E-state index contributed by atoms with van der Waals surface area (Å²) in [6.45, 7) is 2.28. The van der Waals surface area contributed by atoms with Gasteiger partial charge in [-0.05, 0) is 50.7 Å². The number of likely N-dealkylation sites (tertiary alicyclic amines) is 1. The number of aliphatic carboxylic acids is 1. The lowest BCUT2D eigenvalue weighted by atomic mass is 10.0. The van der Waals surface area contributed by atoms with E-state index in [4.69, 9.17) is 5.11 Å². The van der Waals surface area contributed by atoms with Crippen LogP contribution < -0.4 is 0 Å². The highest BCUT2D eigenvalue weighted by Gasteiger charge is 2.30. The number of rotatable bonds is 5. The van der Waals surface area contributed by atoms with Crippen molar-refractivity contribution >= 4 is 18.4 Å². The van der Waals surface area contributed by atoms with E-state index in [1.54, 1.807) is 0 Å². The van der Waals surface area contributed by atoms with E-state index in [1.165, 1.54) is 12.1 Å². The second-order valence-corrected chi connectivity index (χ2v) is 6.01. The van der Waals surface area contributed by atoms with Crippen molar-refractivity contribution in [2.45, 2.75) is 31.6 Å². The summed E-state index contributed by atoms with van der Waals surface area (Å²) in [6, 6.07) is 5.51. The third-order valence-corrected chi connectivity index (χ3v) is 4.25. The van der Waals surface area contributed by atoms with Crippen LogP contribution in [0.1, 0.15) is 24.0 Å². The van der Waals surface area contributed by atoms with Gasteiger partial charge in [-0.25, -0.2) is 0 Å². The monoisotopic (exact) mass is 366 g/mol. The Morgan fingerprint density at radius 3 is 2.25 bits per heavy atom. The number of benzene rings is 1. The lowest BCUT2D eigenvalue weighted by Gasteiger charge is -2.36. The highest BCUT2D eigenvalue weighted by atomic mass is 35.5. The molecule has 0 radical (unpaired) electrons. The maximum atomic E-state index is 12.5. The van der Waals surface area contributed by atoms with Gasteiger partial charge in [0.25, 0.3) is 0 Å². The van der Waals surface area contributed by atoms with Crippen LogP contribution in [0.5, 0.6) is 0 Å². The topological polar surface area (TPSA) is 43.8 Å². The summed E-state index contributed by atoms with van der Waals surface area (Å²) >= 11 is 0. The first-order valence-electron chi connectivity index (χ1n) is 7.56. The number of halogens is 4. The molecule has 2 rings (SSSR count). The van der Waals surface area contributed by atoms with Gasteiger partial charge in [0.05, 0.1) is 12.1 Å². The molecule has 24 heavy (non-hydrogen) atoms. The normalized spacial score (nSPS) is 16.9. The molecular weight excluding hydrogens is 345 g/mol. The Balaban J connectivity index is 0.00000288. The minimum Gasteiger partial charge on any atom is -0.480 e. The van der Waals surface area contributed by atoms with Crippen molar-refractivity contribution in [2.75, 3.05) is 26.7 Å². The molecular formula is C16H22ClF3N2O2. The van der Waals surface area contributed by atoms with Crippen molar-refractivity contribution in [3.8, 4) is 0 Å². The molecule has 0 aromatic heterocycles. The number of hydrogen-bond acceptors (Lipinski definition) is 3. The maximum absolute atomic E-state index is 12.5. The highest BCUT2D eigenvalue weighted by molar-refractivity contribution is 5.85. The molecule has 0 atom stereocenters. The van der Waals surface area contributed by atoms with Crippen LogP contribution in [0, 0.1) is 0 Å².